The molecule has 0 aromatic heterocycles. The molecule has 0 saturated heterocycles. The summed E-state index contributed by atoms with van der Waals surface area (Å²) in [5.74, 6) is 0. The lowest BCUT2D eigenvalue weighted by atomic mass is 10.1. The zero-order valence-corrected chi connectivity index (χ0v) is 8.84. The van der Waals surface area contributed by atoms with E-state index in [0.717, 1.165) is 0 Å². The number of rotatable bonds is 7. The smallest absolute Gasteiger partial charge is 0.0439 e. The van der Waals surface area contributed by atoms with Crippen LogP contribution >= 0.6 is 0 Å². The topological polar surface area (TPSA) is 12.4 Å². The Balaban J connectivity index is 3.00. The second kappa shape index (κ2) is 8.76. The molecule has 0 aliphatic heterocycles. The quantitative estimate of drug-likeness (QED) is 0.406. The van der Waals surface area contributed by atoms with Gasteiger partial charge in [-0.3, -0.25) is 4.99 Å². The van der Waals surface area contributed by atoms with Crippen LogP contribution in [0.25, 0.3) is 0 Å². The molecule has 0 N–H and O–H groups in total. The van der Waals surface area contributed by atoms with Crippen LogP contribution in [0.2, 0.25) is 0 Å². The Kier molecular flexibility index (Phi) is 8.52. The van der Waals surface area contributed by atoms with Crippen LogP contribution in [0.15, 0.2) is 4.99 Å². The maximum absolute atomic E-state index is 4.32. The van der Waals surface area contributed by atoms with Crippen LogP contribution in [-0.4, -0.2) is 12.3 Å². The zero-order chi connectivity index (χ0) is 9.23. The number of aliphatic imine (C=N–C) groups is 1. The Hall–Kier alpha value is -0.330. The summed E-state index contributed by atoms with van der Waals surface area (Å²) in [5, 5.41) is 0. The molecule has 0 radical (unpaired) electrons. The summed E-state index contributed by atoms with van der Waals surface area (Å²) < 4.78 is 0. The van der Waals surface area contributed by atoms with E-state index in [-0.39, 0.29) is 0 Å². The second-order valence-electron chi connectivity index (χ2n) is 3.63. The highest BCUT2D eigenvalue weighted by atomic mass is 14.7. The van der Waals surface area contributed by atoms with E-state index in [4.69, 9.17) is 0 Å². The molecule has 0 atom stereocenters. The predicted octanol–water partition coefficient (Wildman–Crippen LogP) is 3.83. The summed E-state index contributed by atoms with van der Waals surface area (Å²) in [5.41, 5.74) is 0. The summed E-state index contributed by atoms with van der Waals surface area (Å²) in [6.07, 6.45) is 10.1. The van der Waals surface area contributed by atoms with Crippen molar-refractivity contribution in [2.24, 2.45) is 4.99 Å². The molecule has 0 aliphatic rings. The minimum Gasteiger partial charge on any atom is -0.295 e. The van der Waals surface area contributed by atoms with Gasteiger partial charge in [0.15, 0.2) is 0 Å². The second-order valence-corrected chi connectivity index (χ2v) is 3.63. The highest BCUT2D eigenvalue weighted by Crippen LogP contribution is 2.03. The van der Waals surface area contributed by atoms with Crippen LogP contribution in [0.5, 0.6) is 0 Å². The van der Waals surface area contributed by atoms with Crippen molar-refractivity contribution in [3.8, 4) is 0 Å². The molecule has 1 nitrogen and oxygen atoms in total. The fraction of sp³-hybridized carbons (Fsp3) is 0.909. The van der Waals surface area contributed by atoms with Gasteiger partial charge in [0.2, 0.25) is 0 Å². The van der Waals surface area contributed by atoms with Crippen molar-refractivity contribution in [1.29, 1.82) is 0 Å². The van der Waals surface area contributed by atoms with Gasteiger partial charge in [-0.2, -0.15) is 0 Å². The summed E-state index contributed by atoms with van der Waals surface area (Å²) in [4.78, 5) is 4.32. The van der Waals surface area contributed by atoms with Crippen molar-refractivity contribution in [2.45, 2.75) is 65.3 Å². The summed E-state index contributed by atoms with van der Waals surface area (Å²) in [7, 11) is 0. The lowest BCUT2D eigenvalue weighted by molar-refractivity contribution is 0.644. The molecule has 1 heteroatoms. The summed E-state index contributed by atoms with van der Waals surface area (Å²) in [6.45, 7) is 6.49. The van der Waals surface area contributed by atoms with E-state index >= 15 is 0 Å². The van der Waals surface area contributed by atoms with E-state index in [2.05, 4.69) is 32.0 Å². The van der Waals surface area contributed by atoms with Crippen molar-refractivity contribution in [2.75, 3.05) is 0 Å². The van der Waals surface area contributed by atoms with Gasteiger partial charge in [-0.25, -0.2) is 0 Å². The van der Waals surface area contributed by atoms with Gasteiger partial charge in [0.25, 0.3) is 0 Å². The SMILES string of the molecule is CCCCCCCC=NC(C)C. The zero-order valence-electron chi connectivity index (χ0n) is 8.84. The van der Waals surface area contributed by atoms with Crippen LogP contribution in [0.3, 0.4) is 0 Å². The highest BCUT2D eigenvalue weighted by molar-refractivity contribution is 5.57. The first-order valence-electron chi connectivity index (χ1n) is 5.29. The first-order chi connectivity index (χ1) is 5.77. The van der Waals surface area contributed by atoms with E-state index in [1.54, 1.807) is 0 Å². The van der Waals surface area contributed by atoms with E-state index in [1.165, 1.54) is 38.5 Å². The molecular formula is C11H23N. The molecule has 0 aromatic carbocycles. The molecule has 0 bridgehead atoms. The normalized spacial score (nSPS) is 11.7. The maximum atomic E-state index is 4.32. The fourth-order valence-electron chi connectivity index (χ4n) is 1.12. The molecule has 12 heavy (non-hydrogen) atoms. The Morgan fingerprint density at radius 2 is 1.75 bits per heavy atom. The average molecular weight is 169 g/mol. The maximum Gasteiger partial charge on any atom is 0.0439 e. The first-order valence-corrected chi connectivity index (χ1v) is 5.29. The third-order valence-corrected chi connectivity index (χ3v) is 1.84. The van der Waals surface area contributed by atoms with Crippen molar-refractivity contribution >= 4 is 6.21 Å². The van der Waals surface area contributed by atoms with Crippen LogP contribution in [0, 0.1) is 0 Å². The predicted molar refractivity (Wildman–Crippen MR) is 57.0 cm³/mol. The molecule has 0 aromatic rings. The molecule has 0 unspecified atom stereocenters. The van der Waals surface area contributed by atoms with Crippen LogP contribution in [-0.2, 0) is 0 Å². The third kappa shape index (κ3) is 9.67. The lowest BCUT2D eigenvalue weighted by Gasteiger charge is -1.97. The molecule has 0 fully saturated rings. The molecule has 0 amide bonds. The number of hydrogen-bond donors (Lipinski definition) is 0. The molecule has 0 heterocycles. The Morgan fingerprint density at radius 3 is 2.33 bits per heavy atom. The van der Waals surface area contributed by atoms with Crippen molar-refractivity contribution in [1.82, 2.24) is 0 Å². The van der Waals surface area contributed by atoms with Gasteiger partial charge >= 0.3 is 0 Å². The highest BCUT2D eigenvalue weighted by Gasteiger charge is 1.87. The molecule has 0 aliphatic carbocycles. The standard InChI is InChI=1S/C11H23N/c1-4-5-6-7-8-9-10-12-11(2)3/h10-11H,4-9H2,1-3H3. The number of hydrogen-bond acceptors (Lipinski definition) is 1. The molecule has 0 rings (SSSR count). The lowest BCUT2D eigenvalue weighted by Crippen LogP contribution is -1.89. The Labute approximate surface area is 77.3 Å². The minimum absolute atomic E-state index is 0.473. The van der Waals surface area contributed by atoms with Gasteiger partial charge in [-0.05, 0) is 32.9 Å². The van der Waals surface area contributed by atoms with Crippen molar-refractivity contribution in [3.05, 3.63) is 0 Å². The molecule has 0 spiro atoms. The van der Waals surface area contributed by atoms with E-state index in [0.29, 0.717) is 6.04 Å². The van der Waals surface area contributed by atoms with E-state index in [9.17, 15) is 0 Å². The van der Waals surface area contributed by atoms with Crippen LogP contribution in [0.1, 0.15) is 59.3 Å². The Bertz CT molecular complexity index is 106. The van der Waals surface area contributed by atoms with Crippen molar-refractivity contribution < 1.29 is 0 Å². The molecule has 0 saturated carbocycles. The molecular weight excluding hydrogens is 146 g/mol. The third-order valence-electron chi connectivity index (χ3n) is 1.84. The fourth-order valence-corrected chi connectivity index (χ4v) is 1.12. The van der Waals surface area contributed by atoms with Gasteiger partial charge in [0.05, 0.1) is 0 Å². The number of unbranched alkanes of at least 4 members (excludes halogenated alkanes) is 5. The van der Waals surface area contributed by atoms with Gasteiger partial charge in [0.1, 0.15) is 0 Å². The van der Waals surface area contributed by atoms with Crippen LogP contribution < -0.4 is 0 Å². The summed E-state index contributed by atoms with van der Waals surface area (Å²) >= 11 is 0. The Morgan fingerprint density at radius 1 is 1.08 bits per heavy atom. The van der Waals surface area contributed by atoms with Gasteiger partial charge in [-0.1, -0.05) is 32.6 Å². The van der Waals surface area contributed by atoms with E-state index in [1.807, 2.05) is 0 Å². The van der Waals surface area contributed by atoms with Crippen molar-refractivity contribution in [3.63, 3.8) is 0 Å². The van der Waals surface area contributed by atoms with E-state index < -0.39 is 0 Å². The monoisotopic (exact) mass is 169 g/mol. The van der Waals surface area contributed by atoms with Gasteiger partial charge in [0, 0.05) is 6.04 Å². The van der Waals surface area contributed by atoms with Gasteiger partial charge in [-0.15, -0.1) is 0 Å². The van der Waals surface area contributed by atoms with Gasteiger partial charge < -0.3 is 0 Å². The average Bonchev–Trinajstić information content (AvgIpc) is 2.02. The molecule has 72 valence electrons. The minimum atomic E-state index is 0.473. The number of nitrogens with zero attached hydrogens (tertiary/aromatic N) is 1. The first kappa shape index (κ1) is 11.7. The largest absolute Gasteiger partial charge is 0.295 e. The summed E-state index contributed by atoms with van der Waals surface area (Å²) in [6, 6.07) is 0.473. The van der Waals surface area contributed by atoms with Crippen LogP contribution in [0.4, 0.5) is 0 Å².